The van der Waals surface area contributed by atoms with E-state index in [0.717, 1.165) is 0 Å². The molecule has 0 amide bonds. The molecule has 1 aliphatic rings. The molecule has 0 fully saturated rings. The third kappa shape index (κ3) is 1.40. The molecule has 0 atom stereocenters. The molecule has 3 heteroatoms. The van der Waals surface area contributed by atoms with Gasteiger partial charge >= 0.3 is 0 Å². The highest BCUT2D eigenvalue weighted by Gasteiger charge is 2.39. The summed E-state index contributed by atoms with van der Waals surface area (Å²) >= 11 is 0. The van der Waals surface area contributed by atoms with Crippen molar-refractivity contribution in [2.75, 3.05) is 0 Å². The fraction of sp³-hybridized carbons (Fsp3) is 0.167. The van der Waals surface area contributed by atoms with Gasteiger partial charge in [0.2, 0.25) is 17.7 Å². The summed E-state index contributed by atoms with van der Waals surface area (Å²) in [5, 5.41) is 0. The molecule has 0 N–H and O–H groups in total. The lowest BCUT2D eigenvalue weighted by atomic mass is 10.1. The SMILES string of the molecule is CC#COC1C(=O)c2ccccc2C1=O. The van der Waals surface area contributed by atoms with Crippen LogP contribution < -0.4 is 0 Å². The summed E-state index contributed by atoms with van der Waals surface area (Å²) in [5.74, 6) is 1.87. The average molecular weight is 200 g/mol. The fourth-order valence-corrected chi connectivity index (χ4v) is 1.54. The van der Waals surface area contributed by atoms with Crippen molar-refractivity contribution in [1.82, 2.24) is 0 Å². The van der Waals surface area contributed by atoms with Crippen molar-refractivity contribution < 1.29 is 14.3 Å². The fourth-order valence-electron chi connectivity index (χ4n) is 1.54. The van der Waals surface area contributed by atoms with Crippen molar-refractivity contribution in [3.05, 3.63) is 35.4 Å². The van der Waals surface area contributed by atoms with Crippen LogP contribution in [0.25, 0.3) is 0 Å². The third-order valence-corrected chi connectivity index (χ3v) is 2.21. The highest BCUT2D eigenvalue weighted by atomic mass is 16.5. The molecule has 1 aliphatic carbocycles. The third-order valence-electron chi connectivity index (χ3n) is 2.21. The Morgan fingerprint density at radius 1 is 1.13 bits per heavy atom. The zero-order valence-electron chi connectivity index (χ0n) is 8.11. The van der Waals surface area contributed by atoms with Crippen LogP contribution in [-0.4, -0.2) is 17.7 Å². The highest BCUT2D eigenvalue weighted by molar-refractivity contribution is 6.28. The van der Waals surface area contributed by atoms with Crippen molar-refractivity contribution >= 4 is 11.6 Å². The first-order valence-electron chi connectivity index (χ1n) is 4.50. The average Bonchev–Trinajstić information content (AvgIpc) is 2.51. The molecule has 0 aromatic heterocycles. The molecule has 1 aromatic rings. The predicted molar refractivity (Wildman–Crippen MR) is 53.4 cm³/mol. The molecule has 3 nitrogen and oxygen atoms in total. The second-order valence-corrected chi connectivity index (χ2v) is 3.12. The maximum Gasteiger partial charge on any atom is 0.235 e. The lowest BCUT2D eigenvalue weighted by Gasteiger charge is -2.01. The van der Waals surface area contributed by atoms with E-state index in [2.05, 4.69) is 12.0 Å². The van der Waals surface area contributed by atoms with Gasteiger partial charge in [-0.25, -0.2) is 0 Å². The molecule has 0 aliphatic heterocycles. The first-order chi connectivity index (χ1) is 7.25. The molecule has 0 bridgehead atoms. The van der Waals surface area contributed by atoms with Gasteiger partial charge in [0, 0.05) is 18.1 Å². The lowest BCUT2D eigenvalue weighted by molar-refractivity contribution is 0.0659. The van der Waals surface area contributed by atoms with Crippen LogP contribution in [0.2, 0.25) is 0 Å². The molecular formula is C12H8O3. The molecule has 0 saturated carbocycles. The second-order valence-electron chi connectivity index (χ2n) is 3.12. The van der Waals surface area contributed by atoms with Crippen LogP contribution >= 0.6 is 0 Å². The summed E-state index contributed by atoms with van der Waals surface area (Å²) < 4.78 is 4.90. The van der Waals surface area contributed by atoms with Crippen LogP contribution in [0.4, 0.5) is 0 Å². The molecule has 1 aromatic carbocycles. The van der Waals surface area contributed by atoms with E-state index in [1.165, 1.54) is 0 Å². The van der Waals surface area contributed by atoms with Gasteiger partial charge in [-0.1, -0.05) is 30.2 Å². The zero-order valence-corrected chi connectivity index (χ0v) is 8.11. The van der Waals surface area contributed by atoms with Crippen molar-refractivity contribution in [2.24, 2.45) is 0 Å². The molecule has 0 spiro atoms. The number of rotatable bonds is 1. The Kier molecular flexibility index (Phi) is 2.26. The number of ether oxygens (including phenoxy) is 1. The number of fused-ring (bicyclic) bond motifs is 1. The van der Waals surface area contributed by atoms with E-state index in [0.29, 0.717) is 11.1 Å². The smallest absolute Gasteiger partial charge is 0.235 e. The topological polar surface area (TPSA) is 43.4 Å². The van der Waals surface area contributed by atoms with Gasteiger partial charge < -0.3 is 4.74 Å². The molecule has 0 unspecified atom stereocenters. The Hall–Kier alpha value is -2.08. The van der Waals surface area contributed by atoms with Crippen LogP contribution in [-0.2, 0) is 4.74 Å². The van der Waals surface area contributed by atoms with Crippen LogP contribution in [0.5, 0.6) is 0 Å². The van der Waals surface area contributed by atoms with E-state index in [-0.39, 0.29) is 11.6 Å². The van der Waals surface area contributed by atoms with Crippen molar-refractivity contribution in [2.45, 2.75) is 13.0 Å². The van der Waals surface area contributed by atoms with Crippen molar-refractivity contribution in [1.29, 1.82) is 0 Å². The first-order valence-corrected chi connectivity index (χ1v) is 4.50. The molecule has 74 valence electrons. The quantitative estimate of drug-likeness (QED) is 0.508. The minimum Gasteiger partial charge on any atom is -0.426 e. The van der Waals surface area contributed by atoms with Crippen LogP contribution in [0.15, 0.2) is 24.3 Å². The standard InChI is InChI=1S/C12H8O3/c1-2-7-15-12-10(13)8-5-3-4-6-9(8)11(12)14/h3-6,12H,1H3. The largest absolute Gasteiger partial charge is 0.426 e. The van der Waals surface area contributed by atoms with Crippen molar-refractivity contribution in [3.63, 3.8) is 0 Å². The Morgan fingerprint density at radius 3 is 2.13 bits per heavy atom. The maximum absolute atomic E-state index is 11.7. The summed E-state index contributed by atoms with van der Waals surface area (Å²) in [4.78, 5) is 23.4. The summed E-state index contributed by atoms with van der Waals surface area (Å²) in [6.45, 7) is 1.58. The van der Waals surface area contributed by atoms with E-state index in [1.54, 1.807) is 31.2 Å². The number of carbonyl (C=O) groups is 2. The Morgan fingerprint density at radius 2 is 1.67 bits per heavy atom. The Bertz CT molecular complexity index is 456. The number of Topliss-reactive ketones (excluding diaryl/α,β-unsaturated/α-hetero) is 2. The first kappa shape index (κ1) is 9.47. The normalized spacial score (nSPS) is 14.5. The van der Waals surface area contributed by atoms with Gasteiger partial charge in [0.15, 0.2) is 0 Å². The van der Waals surface area contributed by atoms with E-state index in [1.807, 2.05) is 0 Å². The van der Waals surface area contributed by atoms with Crippen LogP contribution in [0, 0.1) is 12.0 Å². The number of hydrogen-bond acceptors (Lipinski definition) is 3. The maximum atomic E-state index is 11.7. The number of ketones is 2. The number of benzene rings is 1. The van der Waals surface area contributed by atoms with Crippen molar-refractivity contribution in [3.8, 4) is 12.0 Å². The van der Waals surface area contributed by atoms with Gasteiger partial charge in [-0.2, -0.15) is 0 Å². The van der Waals surface area contributed by atoms with Crippen LogP contribution in [0.3, 0.4) is 0 Å². The number of hydrogen-bond donors (Lipinski definition) is 0. The Labute approximate surface area is 87.1 Å². The van der Waals surface area contributed by atoms with Gasteiger partial charge in [-0.3, -0.25) is 9.59 Å². The van der Waals surface area contributed by atoms with E-state index < -0.39 is 6.10 Å². The molecule has 0 heterocycles. The van der Waals surface area contributed by atoms with Gasteiger partial charge in [-0.15, -0.1) is 0 Å². The predicted octanol–water partition coefficient (Wildman–Crippen LogP) is 1.43. The van der Waals surface area contributed by atoms with E-state index >= 15 is 0 Å². The minimum atomic E-state index is -1.07. The summed E-state index contributed by atoms with van der Waals surface area (Å²) in [5.41, 5.74) is 0.843. The lowest BCUT2D eigenvalue weighted by Crippen LogP contribution is -2.23. The van der Waals surface area contributed by atoms with E-state index in [9.17, 15) is 9.59 Å². The summed E-state index contributed by atoms with van der Waals surface area (Å²) in [6, 6.07) is 6.69. The van der Waals surface area contributed by atoms with Gasteiger partial charge in [0.05, 0.1) is 0 Å². The molecular weight excluding hydrogens is 192 g/mol. The molecule has 2 rings (SSSR count). The summed E-state index contributed by atoms with van der Waals surface area (Å²) in [7, 11) is 0. The molecule has 15 heavy (non-hydrogen) atoms. The van der Waals surface area contributed by atoms with Gasteiger partial charge in [0.1, 0.15) is 6.11 Å². The van der Waals surface area contributed by atoms with Crippen LogP contribution in [0.1, 0.15) is 27.6 Å². The van der Waals surface area contributed by atoms with E-state index in [4.69, 9.17) is 4.74 Å². The van der Waals surface area contributed by atoms with Gasteiger partial charge in [0.25, 0.3) is 0 Å². The summed E-state index contributed by atoms with van der Waals surface area (Å²) in [6.07, 6.45) is 1.22. The molecule has 0 radical (unpaired) electrons. The Balaban J connectivity index is 2.39. The number of carbonyl (C=O) groups excluding carboxylic acids is 2. The monoisotopic (exact) mass is 200 g/mol. The van der Waals surface area contributed by atoms with Gasteiger partial charge in [-0.05, 0) is 0 Å². The molecule has 0 saturated heterocycles. The zero-order chi connectivity index (χ0) is 10.8. The minimum absolute atomic E-state index is 0.307. The highest BCUT2D eigenvalue weighted by Crippen LogP contribution is 2.23. The second kappa shape index (κ2) is 3.58.